The first-order valence-electron chi connectivity index (χ1n) is 2.98. The normalized spacial score (nSPS) is 9.91. The Kier molecular flexibility index (Phi) is 2.58. The van der Waals surface area contributed by atoms with Crippen LogP contribution in [0.15, 0.2) is 6.07 Å². The van der Waals surface area contributed by atoms with Crippen molar-refractivity contribution in [2.45, 2.75) is 6.42 Å². The van der Waals surface area contributed by atoms with Gasteiger partial charge in [0, 0.05) is 11.8 Å². The molecule has 0 fully saturated rings. The summed E-state index contributed by atoms with van der Waals surface area (Å²) in [5, 5.41) is 17.0. The highest BCUT2D eigenvalue weighted by atomic mass is 79.9. The van der Waals surface area contributed by atoms with Crippen LogP contribution in [0.3, 0.4) is 0 Å². The molecule has 0 saturated carbocycles. The highest BCUT2D eigenvalue weighted by Gasteiger charge is 2.07. The lowest BCUT2D eigenvalue weighted by Crippen LogP contribution is -1.86. The van der Waals surface area contributed by atoms with Gasteiger partial charge >= 0.3 is 5.82 Å². The summed E-state index contributed by atoms with van der Waals surface area (Å²) in [5.74, 6) is -0.0547. The Morgan fingerprint density at radius 1 is 1.82 bits per heavy atom. The first kappa shape index (κ1) is 8.19. The monoisotopic (exact) mass is 219 g/mol. The van der Waals surface area contributed by atoms with Crippen LogP contribution in [0.25, 0.3) is 0 Å². The number of aryl methyl sites for hydroxylation is 1. The number of H-pyrrole nitrogens is 1. The van der Waals surface area contributed by atoms with Crippen molar-refractivity contribution in [2.24, 2.45) is 0 Å². The van der Waals surface area contributed by atoms with E-state index < -0.39 is 4.92 Å². The fraction of sp³-hybridized carbons (Fsp3) is 0.400. The zero-order valence-corrected chi connectivity index (χ0v) is 7.17. The molecule has 60 valence electrons. The minimum atomic E-state index is -0.495. The van der Waals surface area contributed by atoms with Gasteiger partial charge in [0.2, 0.25) is 0 Å². The van der Waals surface area contributed by atoms with Crippen LogP contribution in [0, 0.1) is 10.1 Å². The molecule has 0 aliphatic rings. The summed E-state index contributed by atoms with van der Waals surface area (Å²) in [6, 6.07) is 1.43. The molecule has 0 saturated heterocycles. The molecule has 1 N–H and O–H groups in total. The van der Waals surface area contributed by atoms with Gasteiger partial charge in [0.1, 0.15) is 0 Å². The van der Waals surface area contributed by atoms with Gasteiger partial charge in [-0.1, -0.05) is 21.0 Å². The molecule has 0 atom stereocenters. The number of nitro groups is 1. The van der Waals surface area contributed by atoms with Crippen molar-refractivity contribution in [2.75, 3.05) is 5.33 Å². The maximum atomic E-state index is 10.1. The van der Waals surface area contributed by atoms with Crippen molar-refractivity contribution >= 4 is 21.7 Å². The molecular formula is C5H6BrN3O2. The second-order valence-electron chi connectivity index (χ2n) is 1.94. The SMILES string of the molecule is O=[N+]([O-])c1cc(CCBr)n[nH]1. The summed E-state index contributed by atoms with van der Waals surface area (Å²) in [6.45, 7) is 0. The van der Waals surface area contributed by atoms with E-state index in [9.17, 15) is 10.1 Å². The van der Waals surface area contributed by atoms with Gasteiger partial charge in [-0.2, -0.15) is 0 Å². The number of aromatic nitrogens is 2. The maximum Gasteiger partial charge on any atom is 0.342 e. The van der Waals surface area contributed by atoms with Gasteiger partial charge in [0.05, 0.1) is 11.8 Å². The van der Waals surface area contributed by atoms with Gasteiger partial charge in [-0.05, 0) is 4.92 Å². The number of aromatic amines is 1. The molecule has 1 aromatic heterocycles. The molecule has 6 heteroatoms. The molecule has 0 aliphatic heterocycles. The first-order chi connectivity index (χ1) is 5.24. The Labute approximate surface area is 71.1 Å². The third-order valence-corrected chi connectivity index (χ3v) is 1.56. The molecule has 0 radical (unpaired) electrons. The van der Waals surface area contributed by atoms with E-state index >= 15 is 0 Å². The van der Waals surface area contributed by atoms with Crippen LogP contribution in [-0.4, -0.2) is 20.5 Å². The van der Waals surface area contributed by atoms with Crippen LogP contribution >= 0.6 is 15.9 Å². The topological polar surface area (TPSA) is 71.8 Å². The quantitative estimate of drug-likeness (QED) is 0.473. The summed E-state index contributed by atoms with van der Waals surface area (Å²) in [7, 11) is 0. The van der Waals surface area contributed by atoms with Crippen LogP contribution in [-0.2, 0) is 6.42 Å². The van der Waals surface area contributed by atoms with E-state index in [1.807, 2.05) is 0 Å². The molecule has 0 bridgehead atoms. The Bertz CT molecular complexity index is 260. The number of hydrogen-bond acceptors (Lipinski definition) is 3. The van der Waals surface area contributed by atoms with Crippen molar-refractivity contribution in [3.05, 3.63) is 21.9 Å². The van der Waals surface area contributed by atoms with Crippen LogP contribution < -0.4 is 0 Å². The van der Waals surface area contributed by atoms with E-state index in [0.717, 1.165) is 5.33 Å². The minimum absolute atomic E-state index is 0.0547. The molecule has 0 unspecified atom stereocenters. The number of hydrogen-bond donors (Lipinski definition) is 1. The van der Waals surface area contributed by atoms with Crippen molar-refractivity contribution in [1.29, 1.82) is 0 Å². The van der Waals surface area contributed by atoms with Gasteiger partial charge in [-0.3, -0.25) is 0 Å². The third kappa shape index (κ3) is 2.01. The number of nitrogens with one attached hydrogen (secondary N) is 1. The van der Waals surface area contributed by atoms with E-state index in [1.165, 1.54) is 6.07 Å². The smallest absolute Gasteiger partial charge is 0.342 e. The van der Waals surface area contributed by atoms with E-state index in [-0.39, 0.29) is 5.82 Å². The molecule has 1 rings (SSSR count). The van der Waals surface area contributed by atoms with Crippen molar-refractivity contribution in [3.8, 4) is 0 Å². The summed E-state index contributed by atoms with van der Waals surface area (Å²) in [6.07, 6.45) is 0.699. The summed E-state index contributed by atoms with van der Waals surface area (Å²) >= 11 is 3.21. The second-order valence-corrected chi connectivity index (χ2v) is 2.73. The number of alkyl halides is 1. The molecule has 1 heterocycles. The molecule has 11 heavy (non-hydrogen) atoms. The lowest BCUT2D eigenvalue weighted by molar-refractivity contribution is -0.389. The number of nitrogens with zero attached hydrogens (tertiary/aromatic N) is 2. The molecule has 0 aromatic carbocycles. The summed E-state index contributed by atoms with van der Waals surface area (Å²) in [5.41, 5.74) is 0.702. The highest BCUT2D eigenvalue weighted by molar-refractivity contribution is 9.09. The zero-order valence-electron chi connectivity index (χ0n) is 5.58. The molecule has 5 nitrogen and oxygen atoms in total. The van der Waals surface area contributed by atoms with E-state index in [1.54, 1.807) is 0 Å². The van der Waals surface area contributed by atoms with E-state index in [4.69, 9.17) is 0 Å². The zero-order chi connectivity index (χ0) is 8.27. The summed E-state index contributed by atoms with van der Waals surface area (Å²) < 4.78 is 0. The molecular weight excluding hydrogens is 214 g/mol. The Balaban J connectivity index is 2.73. The Hall–Kier alpha value is -0.910. The van der Waals surface area contributed by atoms with Gasteiger partial charge in [0.15, 0.2) is 0 Å². The minimum Gasteiger partial charge on any atom is -0.358 e. The van der Waals surface area contributed by atoms with Crippen LogP contribution in [0.5, 0.6) is 0 Å². The van der Waals surface area contributed by atoms with Gasteiger partial charge in [0.25, 0.3) is 0 Å². The van der Waals surface area contributed by atoms with Gasteiger partial charge in [-0.15, -0.1) is 5.10 Å². The number of halogens is 1. The lowest BCUT2D eigenvalue weighted by atomic mass is 10.3. The average molecular weight is 220 g/mol. The first-order valence-corrected chi connectivity index (χ1v) is 4.11. The maximum absolute atomic E-state index is 10.1. The fourth-order valence-electron chi connectivity index (χ4n) is 0.670. The van der Waals surface area contributed by atoms with Crippen LogP contribution in [0.1, 0.15) is 5.69 Å². The molecule has 0 aliphatic carbocycles. The Morgan fingerprint density at radius 2 is 2.55 bits per heavy atom. The molecule has 0 spiro atoms. The average Bonchev–Trinajstić information content (AvgIpc) is 2.37. The predicted molar refractivity (Wildman–Crippen MR) is 42.7 cm³/mol. The lowest BCUT2D eigenvalue weighted by Gasteiger charge is -1.84. The largest absolute Gasteiger partial charge is 0.358 e. The van der Waals surface area contributed by atoms with Crippen LogP contribution in [0.4, 0.5) is 5.82 Å². The van der Waals surface area contributed by atoms with Gasteiger partial charge in [-0.25, -0.2) is 0 Å². The van der Waals surface area contributed by atoms with Crippen LogP contribution in [0.2, 0.25) is 0 Å². The van der Waals surface area contributed by atoms with Crippen molar-refractivity contribution < 1.29 is 4.92 Å². The van der Waals surface area contributed by atoms with E-state index in [2.05, 4.69) is 26.1 Å². The standard InChI is InChI=1S/C5H6BrN3O2/c6-2-1-4-3-5(8-7-4)9(10)11/h3H,1-2H2,(H,7,8). The second kappa shape index (κ2) is 3.47. The number of rotatable bonds is 3. The highest BCUT2D eigenvalue weighted by Crippen LogP contribution is 2.08. The molecule has 1 aromatic rings. The molecule has 0 amide bonds. The van der Waals surface area contributed by atoms with Crippen molar-refractivity contribution in [3.63, 3.8) is 0 Å². The summed E-state index contributed by atoms with van der Waals surface area (Å²) in [4.78, 5) is 9.65. The predicted octanol–water partition coefficient (Wildman–Crippen LogP) is 1.26. The van der Waals surface area contributed by atoms with E-state index in [0.29, 0.717) is 12.1 Å². The Morgan fingerprint density at radius 3 is 3.00 bits per heavy atom. The fourth-order valence-corrected chi connectivity index (χ4v) is 1.08. The van der Waals surface area contributed by atoms with Gasteiger partial charge < -0.3 is 10.1 Å². The third-order valence-electron chi connectivity index (χ3n) is 1.16. The van der Waals surface area contributed by atoms with Crippen molar-refractivity contribution in [1.82, 2.24) is 10.2 Å².